The molecule has 0 spiro atoms. The summed E-state index contributed by atoms with van der Waals surface area (Å²) in [4.78, 5) is 45.7. The number of nitrogens with zero attached hydrogens (tertiary/aromatic N) is 3. The number of ether oxygens (including phenoxy) is 2. The molecule has 16 nitrogen and oxygen atoms in total. The highest BCUT2D eigenvalue weighted by Crippen LogP contribution is 2.57. The molecule has 1 saturated heterocycles. The highest BCUT2D eigenvalue weighted by Gasteiger charge is 2.48. The molecule has 5 atom stereocenters. The molecule has 7 N–H and O–H groups in total. The number of H-pyrrole nitrogens is 1. The van der Waals surface area contributed by atoms with Gasteiger partial charge in [0.15, 0.2) is 6.33 Å². The molecule has 2 aromatic heterocycles. The van der Waals surface area contributed by atoms with Crippen LogP contribution in [0.4, 0.5) is 5.95 Å². The van der Waals surface area contributed by atoms with Crippen molar-refractivity contribution in [3.8, 4) is 0 Å². The van der Waals surface area contributed by atoms with Crippen LogP contribution in [0.3, 0.4) is 0 Å². The molecule has 18 heteroatoms. The number of anilines is 1. The van der Waals surface area contributed by atoms with Gasteiger partial charge >= 0.3 is 21.3 Å². The lowest BCUT2D eigenvalue weighted by atomic mass is 9.99. The number of rotatable bonds is 9. The van der Waals surface area contributed by atoms with Gasteiger partial charge in [0, 0.05) is 12.5 Å². The molecule has 3 heterocycles. The monoisotopic (exact) mass is 500 g/mol. The second-order valence-electron chi connectivity index (χ2n) is 6.97. The van der Waals surface area contributed by atoms with Gasteiger partial charge in [0.25, 0.3) is 11.5 Å². The molecule has 1 aliphatic rings. The van der Waals surface area contributed by atoms with E-state index in [1.165, 1.54) is 15.5 Å². The van der Waals surface area contributed by atoms with Crippen LogP contribution in [0.1, 0.15) is 13.2 Å². The number of aryl methyl sites for hydroxylation is 1. The van der Waals surface area contributed by atoms with Crippen molar-refractivity contribution in [1.29, 1.82) is 0 Å². The van der Waals surface area contributed by atoms with Gasteiger partial charge in [-0.25, -0.2) is 13.7 Å². The average Bonchev–Trinajstić information content (AvgIpc) is 3.13. The molecule has 1 fully saturated rings. The number of fused-ring (bicyclic) bond motifs is 1. The Morgan fingerprint density at radius 2 is 2.03 bits per heavy atom. The van der Waals surface area contributed by atoms with Crippen molar-refractivity contribution in [3.05, 3.63) is 16.7 Å². The number of nitrogens with one attached hydrogen (secondary N) is 1. The maximum atomic E-state index is 12.2. The molecule has 180 valence electrons. The quantitative estimate of drug-likeness (QED) is 0.166. The van der Waals surface area contributed by atoms with Gasteiger partial charge in [0.1, 0.15) is 6.10 Å². The van der Waals surface area contributed by atoms with Crippen LogP contribution in [0.15, 0.2) is 11.1 Å². The van der Waals surface area contributed by atoms with Crippen molar-refractivity contribution in [2.24, 2.45) is 13.0 Å². The summed E-state index contributed by atoms with van der Waals surface area (Å²) in [5, 5.41) is 10.9. The van der Waals surface area contributed by atoms with E-state index in [0.717, 1.165) is 0 Å². The molecule has 0 aromatic carbocycles. The van der Waals surface area contributed by atoms with Crippen LogP contribution >= 0.6 is 15.6 Å². The van der Waals surface area contributed by atoms with Crippen LogP contribution in [0.2, 0.25) is 0 Å². The number of nitrogen functional groups attached to an aromatic ring is 1. The smallest absolute Gasteiger partial charge is 0.386 e. The van der Waals surface area contributed by atoms with E-state index in [-0.39, 0.29) is 23.7 Å². The van der Waals surface area contributed by atoms with Gasteiger partial charge in [-0.1, -0.05) is 4.98 Å². The van der Waals surface area contributed by atoms with Crippen LogP contribution in [-0.4, -0.2) is 66.4 Å². The zero-order valence-corrected chi connectivity index (χ0v) is 18.8. The summed E-state index contributed by atoms with van der Waals surface area (Å²) in [6, 6.07) is 0. The van der Waals surface area contributed by atoms with E-state index in [1.807, 2.05) is 0 Å². The second-order valence-corrected chi connectivity index (χ2v) is 9.80. The number of aromatic nitrogens is 4. The molecular weight excluding hydrogens is 476 g/mol. The molecule has 0 amide bonds. The molecule has 1 aliphatic heterocycles. The van der Waals surface area contributed by atoms with E-state index in [4.69, 9.17) is 25.0 Å². The Hall–Kier alpha value is -1.71. The molecule has 0 bridgehead atoms. The van der Waals surface area contributed by atoms with Crippen molar-refractivity contribution < 1.29 is 51.8 Å². The number of hydrogen-bond donors (Lipinski definition) is 6. The number of aliphatic hydroxyl groups is 1. The minimum atomic E-state index is -5.30. The Morgan fingerprint density at radius 3 is 2.66 bits per heavy atom. The summed E-state index contributed by atoms with van der Waals surface area (Å²) in [6.07, 6.45) is -1.96. The first-order valence-electron chi connectivity index (χ1n) is 9.24. The summed E-state index contributed by atoms with van der Waals surface area (Å²) in [5.41, 5.74) is 5.40. The summed E-state index contributed by atoms with van der Waals surface area (Å²) in [5.74, 6) is -0.936. The van der Waals surface area contributed by atoms with Gasteiger partial charge < -0.3 is 35.0 Å². The topological polar surface area (TPSA) is 233 Å². The summed E-state index contributed by atoms with van der Waals surface area (Å²) in [6.45, 7) is 1.33. The third-order valence-electron chi connectivity index (χ3n) is 4.71. The Kier molecular flexibility index (Phi) is 7.22. The highest BCUT2D eigenvalue weighted by molar-refractivity contribution is 7.60. The van der Waals surface area contributed by atoms with Crippen molar-refractivity contribution in [2.75, 3.05) is 25.6 Å². The summed E-state index contributed by atoms with van der Waals surface area (Å²) < 4.78 is 45.1. The largest absolute Gasteiger partial charge is 0.481 e. The number of nitrogens with two attached hydrogens (primary N) is 1. The van der Waals surface area contributed by atoms with Gasteiger partial charge in [-0.2, -0.15) is 4.31 Å². The first-order valence-corrected chi connectivity index (χ1v) is 12.3. The van der Waals surface area contributed by atoms with Gasteiger partial charge in [-0.3, -0.25) is 18.9 Å². The van der Waals surface area contributed by atoms with E-state index < -0.39 is 52.2 Å². The highest BCUT2D eigenvalue weighted by atomic mass is 31.3. The fourth-order valence-electron chi connectivity index (χ4n) is 3.43. The van der Waals surface area contributed by atoms with E-state index in [9.17, 15) is 23.9 Å². The normalized spacial score (nSPS) is 25.9. The average molecular weight is 500 g/mol. The standard InChI is InChI=1S/C14H23N5O11P2/c1-3-27-4-7-8(5-28-32(25,26)30-31(22,23)24)29-13(10(7)20)19-6-18(2)9-11(19)16-14(15)17-12(9)21/h6-8,10,13,20H,3-5H2,1-2H3,(H5-,15,16,17,21,22,23,24,25,26)/p+1/t7-,8-,10-,13-/m1/s1. The number of phosphoric ester groups is 1. The first kappa shape index (κ1) is 24.9. The lowest BCUT2D eigenvalue weighted by Gasteiger charge is -2.20. The molecule has 0 saturated carbocycles. The zero-order chi connectivity index (χ0) is 23.8. The van der Waals surface area contributed by atoms with Crippen molar-refractivity contribution in [3.63, 3.8) is 0 Å². The number of hydrogen-bond acceptors (Lipinski definition) is 10. The number of imidazole rings is 1. The number of aliphatic hydroxyl groups excluding tert-OH is 1. The SMILES string of the molecule is CCOC[C@H]1[C@@H](O)[C@H]([n+]2cn(C)c3c(=O)[nH]c(N)nc32)O[C@@H]1COP(=O)(O)OP(=O)(O)O. The lowest BCUT2D eigenvalue weighted by molar-refractivity contribution is -0.745. The minimum absolute atomic E-state index is 0.0290. The molecule has 0 aliphatic carbocycles. The van der Waals surface area contributed by atoms with E-state index in [1.54, 1.807) is 14.0 Å². The van der Waals surface area contributed by atoms with Crippen LogP contribution in [0.5, 0.6) is 0 Å². The van der Waals surface area contributed by atoms with Gasteiger partial charge in [-0.15, -0.1) is 0 Å². The molecule has 0 radical (unpaired) electrons. The van der Waals surface area contributed by atoms with E-state index in [0.29, 0.717) is 6.61 Å². The number of phosphoric acid groups is 2. The fraction of sp³-hybridized carbons (Fsp3) is 0.643. The predicted octanol–water partition coefficient (Wildman–Crippen LogP) is -1.73. The maximum Gasteiger partial charge on any atom is 0.481 e. The lowest BCUT2D eigenvalue weighted by Crippen LogP contribution is -2.45. The predicted molar refractivity (Wildman–Crippen MR) is 105 cm³/mol. The fourth-order valence-corrected chi connectivity index (χ4v) is 5.02. The van der Waals surface area contributed by atoms with Gasteiger partial charge in [0.05, 0.1) is 26.4 Å². The van der Waals surface area contributed by atoms with Crippen LogP contribution in [0.25, 0.3) is 11.2 Å². The molecule has 32 heavy (non-hydrogen) atoms. The van der Waals surface area contributed by atoms with Crippen molar-refractivity contribution in [1.82, 2.24) is 14.5 Å². The van der Waals surface area contributed by atoms with Crippen LogP contribution in [-0.2, 0) is 34.5 Å². The van der Waals surface area contributed by atoms with Crippen molar-refractivity contribution >= 4 is 32.8 Å². The van der Waals surface area contributed by atoms with Gasteiger partial charge in [0.2, 0.25) is 11.7 Å². The van der Waals surface area contributed by atoms with Crippen LogP contribution < -0.4 is 15.9 Å². The Bertz CT molecular complexity index is 1130. The Labute approximate surface area is 180 Å². The second kappa shape index (κ2) is 9.27. The third kappa shape index (κ3) is 5.43. The molecule has 3 rings (SSSR count). The van der Waals surface area contributed by atoms with E-state index in [2.05, 4.69) is 18.8 Å². The first-order chi connectivity index (χ1) is 14.8. The zero-order valence-electron chi connectivity index (χ0n) is 17.0. The summed E-state index contributed by atoms with van der Waals surface area (Å²) in [7, 11) is -8.85. The third-order valence-corrected chi connectivity index (χ3v) is 6.86. The molecule has 2 aromatic rings. The minimum Gasteiger partial charge on any atom is -0.386 e. The molecular formula is C14H24N5O11P2+. The molecule has 1 unspecified atom stereocenters. The van der Waals surface area contributed by atoms with E-state index >= 15 is 0 Å². The Morgan fingerprint density at radius 1 is 1.34 bits per heavy atom. The van der Waals surface area contributed by atoms with Crippen molar-refractivity contribution in [2.45, 2.75) is 25.4 Å². The summed E-state index contributed by atoms with van der Waals surface area (Å²) >= 11 is 0. The van der Waals surface area contributed by atoms with Gasteiger partial charge in [-0.05, 0) is 6.92 Å². The number of aromatic amines is 1. The Balaban J connectivity index is 1.90. The van der Waals surface area contributed by atoms with Crippen LogP contribution in [0, 0.1) is 5.92 Å². The maximum absolute atomic E-state index is 12.2.